The van der Waals surface area contributed by atoms with Crippen LogP contribution in [0.4, 0.5) is 5.00 Å². The van der Waals surface area contributed by atoms with Gasteiger partial charge in [0.25, 0.3) is 11.8 Å². The molecule has 1 atom stereocenters. The highest BCUT2D eigenvalue weighted by Crippen LogP contribution is 2.22. The Kier molecular flexibility index (Phi) is 8.11. The van der Waals surface area contributed by atoms with Crippen molar-refractivity contribution in [2.45, 2.75) is 19.4 Å². The Hall–Kier alpha value is -3.46. The Morgan fingerprint density at radius 3 is 2.59 bits per heavy atom. The molecule has 8 nitrogen and oxygen atoms in total. The van der Waals surface area contributed by atoms with Gasteiger partial charge in [-0.05, 0) is 30.0 Å². The molecule has 2 rings (SSSR count). The maximum Gasteiger partial charge on any atom is 0.308 e. The van der Waals surface area contributed by atoms with E-state index >= 15 is 0 Å². The van der Waals surface area contributed by atoms with Crippen LogP contribution in [0.15, 0.2) is 47.9 Å². The lowest BCUT2D eigenvalue weighted by Gasteiger charge is -2.13. The minimum absolute atomic E-state index is 0.0713. The quantitative estimate of drug-likeness (QED) is 0.426. The van der Waals surface area contributed by atoms with Crippen LogP contribution >= 0.6 is 11.3 Å². The van der Waals surface area contributed by atoms with Crippen molar-refractivity contribution >= 4 is 46.1 Å². The molecule has 0 aliphatic rings. The fraction of sp³-hybridized carbons (Fsp3) is 0.200. The van der Waals surface area contributed by atoms with Gasteiger partial charge in [0, 0.05) is 12.6 Å². The van der Waals surface area contributed by atoms with Crippen molar-refractivity contribution in [3.8, 4) is 0 Å². The molecule has 0 spiro atoms. The van der Waals surface area contributed by atoms with Gasteiger partial charge in [0.05, 0.1) is 12.0 Å². The van der Waals surface area contributed by atoms with E-state index in [4.69, 9.17) is 10.5 Å². The summed E-state index contributed by atoms with van der Waals surface area (Å²) in [6.45, 7) is 1.48. The van der Waals surface area contributed by atoms with Gasteiger partial charge in [0.2, 0.25) is 5.91 Å². The van der Waals surface area contributed by atoms with Gasteiger partial charge in [-0.25, -0.2) is 0 Å². The highest BCUT2D eigenvalue weighted by atomic mass is 32.1. The van der Waals surface area contributed by atoms with E-state index in [1.54, 1.807) is 11.5 Å². The number of hydrogen-bond donors (Lipinski definition) is 3. The second-order valence-electron chi connectivity index (χ2n) is 5.93. The van der Waals surface area contributed by atoms with Gasteiger partial charge in [0.1, 0.15) is 5.00 Å². The summed E-state index contributed by atoms with van der Waals surface area (Å²) >= 11 is 1.14. The highest BCUT2D eigenvalue weighted by Gasteiger charge is 2.20. The van der Waals surface area contributed by atoms with Gasteiger partial charge in [-0.15, -0.1) is 11.3 Å². The molecule has 0 radical (unpaired) electrons. The summed E-state index contributed by atoms with van der Waals surface area (Å²) in [5.41, 5.74) is 6.29. The van der Waals surface area contributed by atoms with E-state index in [0.717, 1.165) is 16.9 Å². The Labute approximate surface area is 171 Å². The molecule has 0 bridgehead atoms. The van der Waals surface area contributed by atoms with Crippen LogP contribution in [0.3, 0.4) is 0 Å². The SMILES string of the molecule is C[C@H](OC(=O)CCNC(=O)/C=C/c1ccccc1)C(=O)Nc1sccc1C(N)=O. The van der Waals surface area contributed by atoms with Crippen LogP contribution in [0.2, 0.25) is 0 Å². The number of ether oxygens (including phenoxy) is 1. The number of rotatable bonds is 9. The van der Waals surface area contributed by atoms with Gasteiger partial charge in [-0.1, -0.05) is 30.3 Å². The minimum atomic E-state index is -1.07. The van der Waals surface area contributed by atoms with Gasteiger partial charge in [0.15, 0.2) is 6.10 Å². The average Bonchev–Trinajstić information content (AvgIpc) is 3.15. The molecule has 152 valence electrons. The molecule has 3 amide bonds. The number of nitrogens with one attached hydrogen (secondary N) is 2. The van der Waals surface area contributed by atoms with Crippen LogP contribution in [0, 0.1) is 0 Å². The smallest absolute Gasteiger partial charge is 0.308 e. The van der Waals surface area contributed by atoms with Crippen molar-refractivity contribution in [3.63, 3.8) is 0 Å². The van der Waals surface area contributed by atoms with E-state index in [2.05, 4.69) is 10.6 Å². The summed E-state index contributed by atoms with van der Waals surface area (Å²) in [5, 5.41) is 6.98. The molecule has 0 saturated heterocycles. The molecule has 0 aliphatic carbocycles. The zero-order valence-electron chi connectivity index (χ0n) is 15.7. The van der Waals surface area contributed by atoms with Crippen molar-refractivity contribution in [2.24, 2.45) is 5.73 Å². The van der Waals surface area contributed by atoms with Gasteiger partial charge < -0.3 is 21.1 Å². The lowest BCUT2D eigenvalue weighted by molar-refractivity contribution is -0.153. The second-order valence-corrected chi connectivity index (χ2v) is 6.85. The summed E-state index contributed by atoms with van der Waals surface area (Å²) in [6.07, 6.45) is 1.87. The molecule has 9 heteroatoms. The molecule has 0 fully saturated rings. The van der Waals surface area contributed by atoms with E-state index in [-0.39, 0.29) is 24.4 Å². The monoisotopic (exact) mass is 415 g/mol. The number of thiophene rings is 1. The molecule has 2 aromatic rings. The normalized spacial score (nSPS) is 11.6. The first-order valence-corrected chi connectivity index (χ1v) is 9.63. The largest absolute Gasteiger partial charge is 0.452 e. The molecule has 0 unspecified atom stereocenters. The number of anilines is 1. The van der Waals surface area contributed by atoms with Gasteiger partial charge in [-0.3, -0.25) is 19.2 Å². The summed E-state index contributed by atoms with van der Waals surface area (Å²) in [4.78, 5) is 47.0. The van der Waals surface area contributed by atoms with Crippen molar-refractivity contribution in [3.05, 3.63) is 59.0 Å². The standard InChI is InChI=1S/C20H21N3O5S/c1-13(19(27)23-20-15(18(21)26)10-12-29-20)28-17(25)9-11-22-16(24)8-7-14-5-3-2-4-6-14/h2-8,10,12-13H,9,11H2,1H3,(H2,21,26)(H,22,24)(H,23,27)/b8-7+/t13-/m0/s1. The number of primary amides is 1. The summed E-state index contributed by atoms with van der Waals surface area (Å²) in [5.74, 6) is -2.23. The Balaban J connectivity index is 1.72. The molecule has 1 aromatic carbocycles. The number of nitrogens with two attached hydrogens (primary N) is 1. The zero-order valence-corrected chi connectivity index (χ0v) is 16.5. The predicted molar refractivity (Wildman–Crippen MR) is 110 cm³/mol. The number of carbonyl (C=O) groups excluding carboxylic acids is 4. The first-order chi connectivity index (χ1) is 13.9. The molecule has 29 heavy (non-hydrogen) atoms. The van der Waals surface area contributed by atoms with Crippen molar-refractivity contribution < 1.29 is 23.9 Å². The Morgan fingerprint density at radius 1 is 1.17 bits per heavy atom. The average molecular weight is 415 g/mol. The van der Waals surface area contributed by atoms with Crippen LogP contribution in [-0.2, 0) is 19.1 Å². The summed E-state index contributed by atoms with van der Waals surface area (Å²) in [7, 11) is 0. The van der Waals surface area contributed by atoms with Crippen molar-refractivity contribution in [2.75, 3.05) is 11.9 Å². The number of amides is 3. The summed E-state index contributed by atoms with van der Waals surface area (Å²) < 4.78 is 5.04. The molecular formula is C20H21N3O5S. The van der Waals surface area contributed by atoms with E-state index in [9.17, 15) is 19.2 Å². The Bertz CT molecular complexity index is 908. The lowest BCUT2D eigenvalue weighted by atomic mass is 10.2. The molecule has 4 N–H and O–H groups in total. The van der Waals surface area contributed by atoms with E-state index < -0.39 is 23.9 Å². The fourth-order valence-electron chi connectivity index (χ4n) is 2.21. The van der Waals surface area contributed by atoms with Crippen LogP contribution < -0.4 is 16.4 Å². The first-order valence-electron chi connectivity index (χ1n) is 8.75. The molecule has 1 heterocycles. The molecule has 0 saturated carbocycles. The lowest BCUT2D eigenvalue weighted by Crippen LogP contribution is -2.32. The third-order valence-corrected chi connectivity index (χ3v) is 4.53. The van der Waals surface area contributed by atoms with Crippen molar-refractivity contribution in [1.82, 2.24) is 5.32 Å². The summed E-state index contributed by atoms with van der Waals surface area (Å²) in [6, 6.07) is 10.8. The molecule has 0 aliphatic heterocycles. The third kappa shape index (κ3) is 7.23. The van der Waals surface area contributed by atoms with Gasteiger partial charge in [-0.2, -0.15) is 0 Å². The number of esters is 1. The number of benzene rings is 1. The molecule has 1 aromatic heterocycles. The fourth-order valence-corrected chi connectivity index (χ4v) is 3.00. The maximum absolute atomic E-state index is 12.1. The Morgan fingerprint density at radius 2 is 1.90 bits per heavy atom. The minimum Gasteiger partial charge on any atom is -0.452 e. The number of carbonyl (C=O) groups is 4. The topological polar surface area (TPSA) is 128 Å². The van der Waals surface area contributed by atoms with Crippen LogP contribution in [0.1, 0.15) is 29.3 Å². The molecular weight excluding hydrogens is 394 g/mol. The van der Waals surface area contributed by atoms with Crippen LogP contribution in [0.25, 0.3) is 6.08 Å². The first kappa shape index (κ1) is 21.8. The van der Waals surface area contributed by atoms with Crippen molar-refractivity contribution in [1.29, 1.82) is 0 Å². The number of hydrogen-bond acceptors (Lipinski definition) is 6. The third-order valence-electron chi connectivity index (χ3n) is 3.70. The van der Waals surface area contributed by atoms with Crippen LogP contribution in [0.5, 0.6) is 0 Å². The van der Waals surface area contributed by atoms with E-state index in [0.29, 0.717) is 5.00 Å². The zero-order chi connectivity index (χ0) is 21.2. The van der Waals surface area contributed by atoms with Gasteiger partial charge >= 0.3 is 5.97 Å². The van der Waals surface area contributed by atoms with E-state index in [1.807, 2.05) is 30.3 Å². The second kappa shape index (κ2) is 10.8. The highest BCUT2D eigenvalue weighted by molar-refractivity contribution is 7.14. The predicted octanol–water partition coefficient (Wildman–Crippen LogP) is 1.94. The van der Waals surface area contributed by atoms with E-state index in [1.165, 1.54) is 19.1 Å². The maximum atomic E-state index is 12.1. The van der Waals surface area contributed by atoms with Crippen LogP contribution in [-0.4, -0.2) is 36.3 Å².